The summed E-state index contributed by atoms with van der Waals surface area (Å²) in [6.45, 7) is 1.90. The highest BCUT2D eigenvalue weighted by molar-refractivity contribution is 6.34. The first-order chi connectivity index (χ1) is 9.02. The summed E-state index contributed by atoms with van der Waals surface area (Å²) in [5, 5.41) is 19.5. The SMILES string of the molecule is Cc1c(Cl)c(C(=O)Nc2ccn(CC#N)n2)nn1C. The molecule has 19 heavy (non-hydrogen) atoms. The molecule has 0 fully saturated rings. The molecule has 0 unspecified atom stereocenters. The Kier molecular flexibility index (Phi) is 3.53. The molecule has 2 rings (SSSR count). The van der Waals surface area contributed by atoms with E-state index in [0.717, 1.165) is 0 Å². The fraction of sp³-hybridized carbons (Fsp3) is 0.273. The number of nitrogens with one attached hydrogen (secondary N) is 1. The van der Waals surface area contributed by atoms with Crippen LogP contribution in [-0.2, 0) is 13.6 Å². The predicted molar refractivity (Wildman–Crippen MR) is 68.7 cm³/mol. The minimum absolute atomic E-state index is 0.124. The molecule has 0 radical (unpaired) electrons. The number of nitriles is 1. The number of hydrogen-bond donors (Lipinski definition) is 1. The Morgan fingerprint density at radius 2 is 2.32 bits per heavy atom. The quantitative estimate of drug-likeness (QED) is 0.918. The van der Waals surface area contributed by atoms with Crippen molar-refractivity contribution < 1.29 is 4.79 Å². The van der Waals surface area contributed by atoms with Gasteiger partial charge in [-0.25, -0.2) is 0 Å². The van der Waals surface area contributed by atoms with Crippen molar-refractivity contribution >= 4 is 23.3 Å². The van der Waals surface area contributed by atoms with Gasteiger partial charge in [0, 0.05) is 19.3 Å². The molecule has 2 aromatic heterocycles. The summed E-state index contributed by atoms with van der Waals surface area (Å²) in [4.78, 5) is 12.0. The smallest absolute Gasteiger partial charge is 0.278 e. The Morgan fingerprint density at radius 3 is 2.89 bits per heavy atom. The molecule has 0 saturated carbocycles. The Hall–Kier alpha value is -2.33. The molecular formula is C11H11ClN6O. The second kappa shape index (κ2) is 5.12. The van der Waals surface area contributed by atoms with E-state index >= 15 is 0 Å². The summed E-state index contributed by atoms with van der Waals surface area (Å²) in [6.07, 6.45) is 1.60. The van der Waals surface area contributed by atoms with E-state index in [4.69, 9.17) is 16.9 Å². The van der Waals surface area contributed by atoms with Crippen LogP contribution in [0.4, 0.5) is 5.82 Å². The standard InChI is InChI=1S/C11H11ClN6O/c1-7-9(12)10(16-17(7)2)11(19)14-8-3-5-18(15-8)6-4-13/h3,5H,6H2,1-2H3,(H,14,15,19). The van der Waals surface area contributed by atoms with Crippen molar-refractivity contribution in [1.82, 2.24) is 19.6 Å². The molecule has 1 amide bonds. The molecule has 0 aliphatic carbocycles. The first kappa shape index (κ1) is 13.1. The van der Waals surface area contributed by atoms with Gasteiger partial charge in [0.15, 0.2) is 11.5 Å². The van der Waals surface area contributed by atoms with E-state index < -0.39 is 5.91 Å². The van der Waals surface area contributed by atoms with Crippen LogP contribution in [-0.4, -0.2) is 25.5 Å². The van der Waals surface area contributed by atoms with Gasteiger partial charge < -0.3 is 5.32 Å². The molecule has 8 heteroatoms. The fourth-order valence-corrected chi connectivity index (χ4v) is 1.74. The number of anilines is 1. The minimum atomic E-state index is -0.434. The van der Waals surface area contributed by atoms with E-state index in [-0.39, 0.29) is 12.2 Å². The average Bonchev–Trinajstić information content (AvgIpc) is 2.90. The van der Waals surface area contributed by atoms with Gasteiger partial charge in [0.05, 0.1) is 16.8 Å². The maximum Gasteiger partial charge on any atom is 0.278 e. The largest absolute Gasteiger partial charge is 0.304 e. The maximum absolute atomic E-state index is 12.0. The number of rotatable bonds is 3. The van der Waals surface area contributed by atoms with Crippen molar-refractivity contribution in [2.24, 2.45) is 7.05 Å². The average molecular weight is 279 g/mol. The third kappa shape index (κ3) is 2.58. The summed E-state index contributed by atoms with van der Waals surface area (Å²) in [5.74, 6) is -0.0875. The van der Waals surface area contributed by atoms with E-state index in [2.05, 4.69) is 15.5 Å². The van der Waals surface area contributed by atoms with E-state index in [1.54, 1.807) is 26.2 Å². The van der Waals surface area contributed by atoms with Crippen LogP contribution in [0.5, 0.6) is 0 Å². The predicted octanol–water partition coefficient (Wildman–Crippen LogP) is 1.35. The number of amides is 1. The van der Waals surface area contributed by atoms with Gasteiger partial charge in [-0.2, -0.15) is 15.5 Å². The number of aryl methyl sites for hydroxylation is 1. The van der Waals surface area contributed by atoms with Crippen LogP contribution in [0.3, 0.4) is 0 Å². The number of nitrogens with zero attached hydrogens (tertiary/aromatic N) is 5. The van der Waals surface area contributed by atoms with Crippen LogP contribution < -0.4 is 5.32 Å². The summed E-state index contributed by atoms with van der Waals surface area (Å²) in [7, 11) is 1.71. The zero-order chi connectivity index (χ0) is 14.0. The van der Waals surface area contributed by atoms with Gasteiger partial charge >= 0.3 is 0 Å². The van der Waals surface area contributed by atoms with E-state index in [9.17, 15) is 4.79 Å². The summed E-state index contributed by atoms with van der Waals surface area (Å²) in [6, 6.07) is 3.55. The molecule has 7 nitrogen and oxygen atoms in total. The maximum atomic E-state index is 12.0. The molecule has 0 bridgehead atoms. The first-order valence-electron chi connectivity index (χ1n) is 5.43. The minimum Gasteiger partial charge on any atom is -0.304 e. The van der Waals surface area contributed by atoms with E-state index in [1.165, 1.54) is 9.36 Å². The van der Waals surface area contributed by atoms with E-state index in [0.29, 0.717) is 16.5 Å². The number of aromatic nitrogens is 4. The molecule has 98 valence electrons. The second-order valence-corrected chi connectivity index (χ2v) is 4.26. The lowest BCUT2D eigenvalue weighted by Gasteiger charge is -1.98. The monoisotopic (exact) mass is 278 g/mol. The van der Waals surface area contributed by atoms with Crippen molar-refractivity contribution in [2.75, 3.05) is 5.32 Å². The topological polar surface area (TPSA) is 88.5 Å². The van der Waals surface area contributed by atoms with Crippen LogP contribution >= 0.6 is 11.6 Å². The highest BCUT2D eigenvalue weighted by Crippen LogP contribution is 2.20. The van der Waals surface area contributed by atoms with Crippen molar-refractivity contribution in [3.05, 3.63) is 28.7 Å². The lowest BCUT2D eigenvalue weighted by molar-refractivity contribution is 0.102. The lowest BCUT2D eigenvalue weighted by Crippen LogP contribution is -2.14. The number of hydrogen-bond acceptors (Lipinski definition) is 4. The van der Waals surface area contributed by atoms with Gasteiger partial charge in [-0.3, -0.25) is 14.2 Å². The lowest BCUT2D eigenvalue weighted by atomic mass is 10.3. The molecule has 1 N–H and O–H groups in total. The number of carbonyl (C=O) groups is 1. The Balaban J connectivity index is 2.16. The van der Waals surface area contributed by atoms with E-state index in [1.807, 2.05) is 6.07 Å². The fourth-order valence-electron chi connectivity index (χ4n) is 1.49. The summed E-state index contributed by atoms with van der Waals surface area (Å²) in [5.41, 5.74) is 0.860. The summed E-state index contributed by atoms with van der Waals surface area (Å²) >= 11 is 6.02. The first-order valence-corrected chi connectivity index (χ1v) is 5.81. The van der Waals surface area contributed by atoms with Crippen molar-refractivity contribution in [1.29, 1.82) is 5.26 Å². The van der Waals surface area contributed by atoms with Gasteiger partial charge in [-0.1, -0.05) is 11.6 Å². The normalized spacial score (nSPS) is 10.2. The highest BCUT2D eigenvalue weighted by atomic mass is 35.5. The van der Waals surface area contributed by atoms with Crippen LogP contribution in [0, 0.1) is 18.3 Å². The van der Waals surface area contributed by atoms with Crippen molar-refractivity contribution in [2.45, 2.75) is 13.5 Å². The van der Waals surface area contributed by atoms with Crippen LogP contribution in [0.2, 0.25) is 5.02 Å². The van der Waals surface area contributed by atoms with Crippen molar-refractivity contribution in [3.63, 3.8) is 0 Å². The number of halogens is 1. The zero-order valence-electron chi connectivity index (χ0n) is 10.4. The molecular weight excluding hydrogens is 268 g/mol. The molecule has 0 spiro atoms. The molecule has 0 aromatic carbocycles. The molecule has 0 aliphatic heterocycles. The van der Waals surface area contributed by atoms with Crippen LogP contribution in [0.15, 0.2) is 12.3 Å². The number of carbonyl (C=O) groups excluding carboxylic acids is 1. The van der Waals surface area contributed by atoms with Gasteiger partial charge in [0.2, 0.25) is 0 Å². The van der Waals surface area contributed by atoms with Crippen molar-refractivity contribution in [3.8, 4) is 6.07 Å². The molecule has 2 aromatic rings. The third-order valence-corrected chi connectivity index (χ3v) is 3.04. The third-order valence-electron chi connectivity index (χ3n) is 2.59. The summed E-state index contributed by atoms with van der Waals surface area (Å²) < 4.78 is 2.95. The Labute approximate surface area is 114 Å². The van der Waals surface area contributed by atoms with Gasteiger partial charge in [0.1, 0.15) is 6.54 Å². The Bertz CT molecular complexity index is 665. The second-order valence-electron chi connectivity index (χ2n) is 3.88. The molecule has 0 saturated heterocycles. The molecule has 0 aliphatic rings. The molecule has 2 heterocycles. The van der Waals surface area contributed by atoms with Gasteiger partial charge in [-0.15, -0.1) is 0 Å². The molecule has 0 atom stereocenters. The van der Waals surface area contributed by atoms with Gasteiger partial charge in [0.25, 0.3) is 5.91 Å². The van der Waals surface area contributed by atoms with Crippen LogP contribution in [0.25, 0.3) is 0 Å². The van der Waals surface area contributed by atoms with Gasteiger partial charge in [-0.05, 0) is 6.92 Å². The highest BCUT2D eigenvalue weighted by Gasteiger charge is 2.18. The Morgan fingerprint density at radius 1 is 1.58 bits per heavy atom. The van der Waals surface area contributed by atoms with Crippen LogP contribution in [0.1, 0.15) is 16.2 Å². The zero-order valence-corrected chi connectivity index (χ0v) is 11.1.